The van der Waals surface area contributed by atoms with Gasteiger partial charge < -0.3 is 15.4 Å². The van der Waals surface area contributed by atoms with E-state index < -0.39 is 29.9 Å². The van der Waals surface area contributed by atoms with Gasteiger partial charge in [0.05, 0.1) is 12.2 Å². The first kappa shape index (κ1) is 22.7. The Labute approximate surface area is 155 Å². The van der Waals surface area contributed by atoms with Crippen molar-refractivity contribution >= 4 is 17.7 Å². The number of hydrogen-bond acceptors (Lipinski definition) is 3. The van der Waals surface area contributed by atoms with E-state index in [1.165, 1.54) is 12.1 Å². The van der Waals surface area contributed by atoms with Crippen LogP contribution in [0.15, 0.2) is 24.3 Å². The normalized spacial score (nSPS) is 12.3. The Morgan fingerprint density at radius 1 is 1.07 bits per heavy atom. The summed E-state index contributed by atoms with van der Waals surface area (Å²) in [5, 5.41) is 5.03. The van der Waals surface area contributed by atoms with Crippen LogP contribution in [0, 0.1) is 0 Å². The molecule has 0 heterocycles. The van der Waals surface area contributed by atoms with Crippen LogP contribution < -0.4 is 10.6 Å². The lowest BCUT2D eigenvalue weighted by Gasteiger charge is -2.10. The van der Waals surface area contributed by atoms with Crippen LogP contribution in [0.5, 0.6) is 0 Å². The van der Waals surface area contributed by atoms with Crippen LogP contribution in [0.4, 0.5) is 28.0 Å². The van der Waals surface area contributed by atoms with Gasteiger partial charge in [-0.05, 0) is 50.5 Å². The first-order valence-electron chi connectivity index (χ1n) is 8.77. The largest absolute Gasteiger partial charge is 0.464 e. The first-order chi connectivity index (χ1) is 12.7. The number of halogens is 4. The molecular weight excluding hydrogens is 368 g/mol. The number of hydrogen-bond donors (Lipinski definition) is 2. The SMILES string of the molecule is CCOC(=O)C(F)CCCCCCNC(=O)Nc1ccc(C(F)(F)F)cc1. The highest BCUT2D eigenvalue weighted by molar-refractivity contribution is 5.89. The molecule has 0 spiro atoms. The molecule has 1 unspecified atom stereocenters. The summed E-state index contributed by atoms with van der Waals surface area (Å²) >= 11 is 0. The van der Waals surface area contributed by atoms with Crippen molar-refractivity contribution in [1.29, 1.82) is 0 Å². The summed E-state index contributed by atoms with van der Waals surface area (Å²) in [6.45, 7) is 2.15. The van der Waals surface area contributed by atoms with Gasteiger partial charge in [-0.15, -0.1) is 0 Å². The van der Waals surface area contributed by atoms with Crippen LogP contribution >= 0.6 is 0 Å². The van der Waals surface area contributed by atoms with Crippen LogP contribution in [0.3, 0.4) is 0 Å². The van der Waals surface area contributed by atoms with Gasteiger partial charge in [-0.2, -0.15) is 13.2 Å². The van der Waals surface area contributed by atoms with E-state index in [9.17, 15) is 27.2 Å². The predicted molar refractivity (Wildman–Crippen MR) is 93.1 cm³/mol. The lowest BCUT2D eigenvalue weighted by molar-refractivity contribution is -0.149. The van der Waals surface area contributed by atoms with Gasteiger partial charge in [-0.3, -0.25) is 0 Å². The smallest absolute Gasteiger partial charge is 0.416 e. The molecular formula is C18H24F4N2O3. The molecule has 0 fully saturated rings. The fourth-order valence-electron chi connectivity index (χ4n) is 2.27. The molecule has 0 radical (unpaired) electrons. The van der Waals surface area contributed by atoms with Gasteiger partial charge >= 0.3 is 18.2 Å². The molecule has 0 saturated carbocycles. The fourth-order valence-corrected chi connectivity index (χ4v) is 2.27. The number of unbranched alkanes of at least 4 members (excludes halogenated alkanes) is 3. The molecule has 0 saturated heterocycles. The first-order valence-corrected chi connectivity index (χ1v) is 8.77. The zero-order valence-corrected chi connectivity index (χ0v) is 15.1. The Morgan fingerprint density at radius 2 is 1.70 bits per heavy atom. The van der Waals surface area contributed by atoms with Gasteiger partial charge in [-0.25, -0.2) is 14.0 Å². The molecule has 0 aliphatic rings. The van der Waals surface area contributed by atoms with Crippen molar-refractivity contribution in [3.63, 3.8) is 0 Å². The molecule has 2 N–H and O–H groups in total. The average Bonchev–Trinajstić information content (AvgIpc) is 2.60. The van der Waals surface area contributed by atoms with Crippen molar-refractivity contribution in [2.75, 3.05) is 18.5 Å². The number of rotatable bonds is 10. The van der Waals surface area contributed by atoms with E-state index in [0.29, 0.717) is 25.8 Å². The van der Waals surface area contributed by atoms with Crippen LogP contribution in [0.25, 0.3) is 0 Å². The van der Waals surface area contributed by atoms with Gasteiger partial charge in [-0.1, -0.05) is 12.8 Å². The summed E-state index contributed by atoms with van der Waals surface area (Å²) in [7, 11) is 0. The Hall–Kier alpha value is -2.32. The Bertz CT molecular complexity index is 591. The maximum Gasteiger partial charge on any atom is 0.416 e. The number of esters is 1. The maximum absolute atomic E-state index is 13.4. The summed E-state index contributed by atoms with van der Waals surface area (Å²) < 4.78 is 55.3. The number of alkyl halides is 4. The highest BCUT2D eigenvalue weighted by atomic mass is 19.4. The third-order valence-corrected chi connectivity index (χ3v) is 3.68. The molecule has 27 heavy (non-hydrogen) atoms. The second-order valence-electron chi connectivity index (χ2n) is 5.88. The van der Waals surface area contributed by atoms with Crippen LogP contribution in [-0.2, 0) is 15.7 Å². The van der Waals surface area contributed by atoms with E-state index in [1.807, 2.05) is 0 Å². The highest BCUT2D eigenvalue weighted by Crippen LogP contribution is 2.29. The molecule has 152 valence electrons. The van der Waals surface area contributed by atoms with Gasteiger partial charge in [0.1, 0.15) is 0 Å². The number of amides is 2. The Balaban J connectivity index is 2.13. The molecule has 0 aliphatic heterocycles. The number of urea groups is 1. The molecule has 1 rings (SSSR count). The van der Waals surface area contributed by atoms with Crippen molar-refractivity contribution in [2.45, 2.75) is 51.4 Å². The van der Waals surface area contributed by atoms with E-state index in [4.69, 9.17) is 0 Å². The number of carbonyl (C=O) groups is 2. The number of benzene rings is 1. The van der Waals surface area contributed by atoms with Crippen molar-refractivity contribution in [3.8, 4) is 0 Å². The number of nitrogens with one attached hydrogen (secondary N) is 2. The Morgan fingerprint density at radius 3 is 2.30 bits per heavy atom. The minimum Gasteiger partial charge on any atom is -0.464 e. The van der Waals surface area contributed by atoms with E-state index in [0.717, 1.165) is 18.6 Å². The highest BCUT2D eigenvalue weighted by Gasteiger charge is 2.29. The molecule has 1 aromatic rings. The van der Waals surface area contributed by atoms with Crippen LogP contribution in [-0.4, -0.2) is 31.3 Å². The topological polar surface area (TPSA) is 67.4 Å². The summed E-state index contributed by atoms with van der Waals surface area (Å²) in [4.78, 5) is 22.8. The number of carbonyl (C=O) groups excluding carboxylic acids is 2. The average molecular weight is 392 g/mol. The standard InChI is InChI=1S/C18H24F4N2O3/c1-2-27-16(25)15(19)7-5-3-4-6-12-23-17(26)24-14-10-8-13(9-11-14)18(20,21)22/h8-11,15H,2-7,12H2,1H3,(H2,23,24,26). The minimum atomic E-state index is -4.42. The van der Waals surface area contributed by atoms with E-state index >= 15 is 0 Å². The summed E-state index contributed by atoms with van der Waals surface area (Å²) in [5.41, 5.74) is -0.527. The number of anilines is 1. The second kappa shape index (κ2) is 11.4. The molecule has 5 nitrogen and oxygen atoms in total. The fraction of sp³-hybridized carbons (Fsp3) is 0.556. The zero-order chi connectivity index (χ0) is 20.3. The van der Waals surface area contributed by atoms with Gasteiger partial charge in [0, 0.05) is 12.2 Å². The van der Waals surface area contributed by atoms with Crippen molar-refractivity contribution < 1.29 is 31.9 Å². The van der Waals surface area contributed by atoms with Crippen molar-refractivity contribution in [3.05, 3.63) is 29.8 Å². The zero-order valence-electron chi connectivity index (χ0n) is 15.1. The van der Waals surface area contributed by atoms with E-state index in [2.05, 4.69) is 15.4 Å². The molecule has 9 heteroatoms. The third-order valence-electron chi connectivity index (χ3n) is 3.68. The number of ether oxygens (including phenoxy) is 1. The Kier molecular flexibility index (Phi) is 9.60. The molecule has 0 aliphatic carbocycles. The van der Waals surface area contributed by atoms with Gasteiger partial charge in [0.2, 0.25) is 0 Å². The summed E-state index contributed by atoms with van der Waals surface area (Å²) in [6, 6.07) is 3.63. The quantitative estimate of drug-likeness (QED) is 0.345. The van der Waals surface area contributed by atoms with Gasteiger partial charge in [0.25, 0.3) is 0 Å². The second-order valence-corrected chi connectivity index (χ2v) is 5.88. The van der Waals surface area contributed by atoms with Crippen molar-refractivity contribution in [1.82, 2.24) is 5.32 Å². The maximum atomic E-state index is 13.4. The summed E-state index contributed by atoms with van der Waals surface area (Å²) in [5.74, 6) is -0.834. The predicted octanol–water partition coefficient (Wildman–Crippen LogP) is 4.68. The molecule has 2 amide bonds. The molecule has 1 atom stereocenters. The third kappa shape index (κ3) is 9.25. The van der Waals surface area contributed by atoms with Crippen molar-refractivity contribution in [2.24, 2.45) is 0 Å². The lowest BCUT2D eigenvalue weighted by atomic mass is 10.1. The van der Waals surface area contributed by atoms with E-state index in [-0.39, 0.29) is 18.7 Å². The minimum absolute atomic E-state index is 0.112. The van der Waals surface area contributed by atoms with E-state index in [1.54, 1.807) is 6.92 Å². The van der Waals surface area contributed by atoms with Gasteiger partial charge in [0.15, 0.2) is 6.17 Å². The molecule has 1 aromatic carbocycles. The lowest BCUT2D eigenvalue weighted by Crippen LogP contribution is -2.29. The van der Waals surface area contributed by atoms with Crippen LogP contribution in [0.2, 0.25) is 0 Å². The molecule has 0 aromatic heterocycles. The van der Waals surface area contributed by atoms with Crippen LogP contribution in [0.1, 0.15) is 44.6 Å². The molecule has 0 bridgehead atoms. The monoisotopic (exact) mass is 392 g/mol. The summed E-state index contributed by atoms with van der Waals surface area (Å²) in [6.07, 6.45) is -3.25.